The summed E-state index contributed by atoms with van der Waals surface area (Å²) in [6.07, 6.45) is 9.51. The van der Waals surface area contributed by atoms with E-state index in [2.05, 4.69) is 46.1 Å². The average molecular weight is 383 g/mol. The maximum absolute atomic E-state index is 4.61. The van der Waals surface area contributed by atoms with Crippen molar-refractivity contribution in [2.24, 2.45) is 24.3 Å². The number of aryl methyl sites for hydroxylation is 2. The number of hydrogen-bond donors (Lipinski definition) is 1. The van der Waals surface area contributed by atoms with Crippen molar-refractivity contribution in [3.63, 3.8) is 0 Å². The molecule has 3 atom stereocenters. The summed E-state index contributed by atoms with van der Waals surface area (Å²) in [5.74, 6) is 2.56. The molecule has 1 aliphatic carbocycles. The van der Waals surface area contributed by atoms with E-state index >= 15 is 0 Å². The van der Waals surface area contributed by atoms with Crippen LogP contribution >= 0.6 is 0 Å². The molecule has 2 fully saturated rings. The molecule has 0 amide bonds. The van der Waals surface area contributed by atoms with Crippen molar-refractivity contribution in [2.45, 2.75) is 53.0 Å². The molecule has 2 aromatic rings. The number of nitrogens with zero attached hydrogens (tertiary/aromatic N) is 5. The molecule has 2 aromatic heterocycles. The van der Waals surface area contributed by atoms with Crippen molar-refractivity contribution in [3.05, 3.63) is 24.3 Å². The molecular weight excluding hydrogens is 348 g/mol. The topological polar surface area (TPSA) is 58.9 Å². The van der Waals surface area contributed by atoms with Gasteiger partial charge in [-0.3, -0.25) is 9.67 Å². The van der Waals surface area contributed by atoms with E-state index in [1.54, 1.807) is 0 Å². The first-order valence-corrected chi connectivity index (χ1v) is 10.6. The van der Waals surface area contributed by atoms with Gasteiger partial charge in [0, 0.05) is 37.9 Å². The molecule has 152 valence electrons. The molecule has 1 saturated carbocycles. The van der Waals surface area contributed by atoms with E-state index in [9.17, 15) is 0 Å². The number of aromatic nitrogens is 4. The van der Waals surface area contributed by atoms with Gasteiger partial charge in [-0.15, -0.1) is 0 Å². The Balaban J connectivity index is 1.29. The minimum Gasteiger partial charge on any atom is -0.366 e. The van der Waals surface area contributed by atoms with Crippen LogP contribution in [-0.4, -0.2) is 50.3 Å². The molecule has 0 aromatic carbocycles. The van der Waals surface area contributed by atoms with Crippen LogP contribution in [0.25, 0.3) is 11.3 Å². The Bertz CT molecular complexity index is 789. The van der Waals surface area contributed by atoms with E-state index in [0.717, 1.165) is 34.6 Å². The summed E-state index contributed by atoms with van der Waals surface area (Å²) in [6, 6.07) is 0.528. The number of nitrogens with one attached hydrogen (secondary N) is 1. The predicted molar refractivity (Wildman–Crippen MR) is 113 cm³/mol. The summed E-state index contributed by atoms with van der Waals surface area (Å²) < 4.78 is 1.82. The summed E-state index contributed by atoms with van der Waals surface area (Å²) in [4.78, 5) is 11.9. The Morgan fingerprint density at radius 3 is 2.36 bits per heavy atom. The van der Waals surface area contributed by atoms with Crippen LogP contribution in [0.4, 0.5) is 5.82 Å². The van der Waals surface area contributed by atoms with Crippen LogP contribution in [0, 0.1) is 24.2 Å². The first-order chi connectivity index (χ1) is 13.3. The minimum absolute atomic E-state index is 0.432. The highest BCUT2D eigenvalue weighted by molar-refractivity contribution is 5.60. The normalized spacial score (nSPS) is 25.2. The Labute approximate surface area is 168 Å². The van der Waals surface area contributed by atoms with Crippen LogP contribution in [0.15, 0.2) is 18.6 Å². The standard InChI is InChI=1S/C22H34N6/c1-15-19(14-27(5)26-15)20-10-24-21(11-23-20)25-18-8-16-12-28(13-17(16)9-18)7-6-22(2,3)4/h10-11,14,16-18H,6-9,12-13H2,1-5H3,(H,24,25)/t16-,17+,18+. The molecule has 1 N–H and O–H groups in total. The van der Waals surface area contributed by atoms with E-state index in [0.29, 0.717) is 11.5 Å². The van der Waals surface area contributed by atoms with E-state index in [4.69, 9.17) is 0 Å². The molecule has 4 rings (SSSR count). The Morgan fingerprint density at radius 1 is 1.11 bits per heavy atom. The zero-order valence-corrected chi connectivity index (χ0v) is 17.9. The fourth-order valence-corrected chi connectivity index (χ4v) is 4.79. The minimum atomic E-state index is 0.432. The van der Waals surface area contributed by atoms with E-state index < -0.39 is 0 Å². The van der Waals surface area contributed by atoms with Gasteiger partial charge in [0.2, 0.25) is 0 Å². The van der Waals surface area contributed by atoms with Gasteiger partial charge in [-0.05, 0) is 50.0 Å². The molecule has 1 saturated heterocycles. The molecule has 6 heteroatoms. The molecule has 6 nitrogen and oxygen atoms in total. The smallest absolute Gasteiger partial charge is 0.144 e. The fraction of sp³-hybridized carbons (Fsp3) is 0.682. The average Bonchev–Trinajstić information content (AvgIpc) is 3.26. The van der Waals surface area contributed by atoms with Crippen molar-refractivity contribution in [2.75, 3.05) is 25.0 Å². The summed E-state index contributed by atoms with van der Waals surface area (Å²) in [7, 11) is 1.93. The number of hydrogen-bond acceptors (Lipinski definition) is 5. The van der Waals surface area contributed by atoms with Crippen molar-refractivity contribution in [1.29, 1.82) is 0 Å². The first kappa shape index (κ1) is 19.4. The molecule has 0 radical (unpaired) electrons. The molecular formula is C22H34N6. The van der Waals surface area contributed by atoms with E-state index in [1.807, 2.05) is 37.2 Å². The summed E-state index contributed by atoms with van der Waals surface area (Å²) in [5, 5.41) is 8.01. The second kappa shape index (κ2) is 7.47. The number of likely N-dealkylation sites (tertiary alicyclic amines) is 1. The third-order valence-electron chi connectivity index (χ3n) is 6.30. The van der Waals surface area contributed by atoms with Crippen LogP contribution in [0.5, 0.6) is 0 Å². The van der Waals surface area contributed by atoms with E-state index in [1.165, 1.54) is 38.9 Å². The van der Waals surface area contributed by atoms with Crippen LogP contribution in [0.2, 0.25) is 0 Å². The van der Waals surface area contributed by atoms with Gasteiger partial charge in [-0.2, -0.15) is 5.10 Å². The molecule has 0 bridgehead atoms. The highest BCUT2D eigenvalue weighted by Gasteiger charge is 2.40. The van der Waals surface area contributed by atoms with Crippen molar-refractivity contribution < 1.29 is 0 Å². The zero-order chi connectivity index (χ0) is 19.9. The quantitative estimate of drug-likeness (QED) is 0.853. The number of rotatable bonds is 5. The van der Waals surface area contributed by atoms with Gasteiger partial charge in [0.25, 0.3) is 0 Å². The largest absolute Gasteiger partial charge is 0.366 e. The molecule has 3 heterocycles. The monoisotopic (exact) mass is 382 g/mol. The third kappa shape index (κ3) is 4.37. The lowest BCUT2D eigenvalue weighted by molar-refractivity contribution is 0.250. The van der Waals surface area contributed by atoms with Crippen LogP contribution in [0.3, 0.4) is 0 Å². The Morgan fingerprint density at radius 2 is 1.82 bits per heavy atom. The van der Waals surface area contributed by atoms with Gasteiger partial charge in [-0.25, -0.2) is 4.98 Å². The first-order valence-electron chi connectivity index (χ1n) is 10.6. The molecule has 28 heavy (non-hydrogen) atoms. The maximum atomic E-state index is 4.61. The summed E-state index contributed by atoms with van der Waals surface area (Å²) >= 11 is 0. The molecule has 2 aliphatic rings. The predicted octanol–water partition coefficient (Wildman–Crippen LogP) is 3.74. The van der Waals surface area contributed by atoms with Crippen molar-refractivity contribution in [3.8, 4) is 11.3 Å². The van der Waals surface area contributed by atoms with Crippen LogP contribution < -0.4 is 5.32 Å². The van der Waals surface area contributed by atoms with Gasteiger partial charge >= 0.3 is 0 Å². The van der Waals surface area contributed by atoms with Crippen LogP contribution in [0.1, 0.15) is 45.7 Å². The molecule has 0 spiro atoms. The van der Waals surface area contributed by atoms with Crippen molar-refractivity contribution in [1.82, 2.24) is 24.6 Å². The fourth-order valence-electron chi connectivity index (χ4n) is 4.79. The van der Waals surface area contributed by atoms with Gasteiger partial charge in [0.05, 0.1) is 23.8 Å². The second-order valence-corrected chi connectivity index (χ2v) is 9.99. The third-order valence-corrected chi connectivity index (χ3v) is 6.30. The lowest BCUT2D eigenvalue weighted by atomic mass is 9.92. The Hall–Kier alpha value is -1.95. The second-order valence-electron chi connectivity index (χ2n) is 9.99. The zero-order valence-electron chi connectivity index (χ0n) is 17.9. The number of anilines is 1. The highest BCUT2D eigenvalue weighted by atomic mass is 15.2. The molecule has 1 aliphatic heterocycles. The highest BCUT2D eigenvalue weighted by Crippen LogP contribution is 2.39. The van der Waals surface area contributed by atoms with Gasteiger partial charge in [0.1, 0.15) is 5.82 Å². The van der Waals surface area contributed by atoms with Gasteiger partial charge in [-0.1, -0.05) is 20.8 Å². The molecule has 0 unspecified atom stereocenters. The van der Waals surface area contributed by atoms with E-state index in [-0.39, 0.29) is 0 Å². The van der Waals surface area contributed by atoms with Crippen LogP contribution in [-0.2, 0) is 7.05 Å². The Kier molecular flexibility index (Phi) is 5.17. The van der Waals surface area contributed by atoms with Crippen molar-refractivity contribution >= 4 is 5.82 Å². The summed E-state index contributed by atoms with van der Waals surface area (Å²) in [5.41, 5.74) is 3.35. The lowest BCUT2D eigenvalue weighted by Gasteiger charge is -2.24. The van der Waals surface area contributed by atoms with Gasteiger partial charge in [0.15, 0.2) is 0 Å². The lowest BCUT2D eigenvalue weighted by Crippen LogP contribution is -2.28. The summed E-state index contributed by atoms with van der Waals surface area (Å²) in [6.45, 7) is 12.8. The van der Waals surface area contributed by atoms with Gasteiger partial charge < -0.3 is 10.2 Å². The maximum Gasteiger partial charge on any atom is 0.144 e. The SMILES string of the molecule is Cc1nn(C)cc1-c1cnc(N[C@H]2C[C@@H]3CN(CCC(C)(C)C)C[C@@H]3C2)cn1. The number of fused-ring (bicyclic) bond motifs is 1.